The minimum Gasteiger partial charge on any atom is -0.323 e. The lowest BCUT2D eigenvalue weighted by Gasteiger charge is -2.07. The van der Waals surface area contributed by atoms with Gasteiger partial charge in [0.15, 0.2) is 0 Å². The minimum atomic E-state index is 0.244. The molecule has 0 aromatic rings. The van der Waals surface area contributed by atoms with Gasteiger partial charge in [0, 0.05) is 18.8 Å². The van der Waals surface area contributed by atoms with Crippen molar-refractivity contribution < 1.29 is 0 Å². The highest BCUT2D eigenvalue weighted by Crippen LogP contribution is 1.97. The third-order valence-electron chi connectivity index (χ3n) is 1.12. The van der Waals surface area contributed by atoms with Gasteiger partial charge in [0.05, 0.1) is 0 Å². The SMILES string of the molecule is CC.NC1C=NCCC1. The zero-order valence-corrected chi connectivity index (χ0v) is 6.30. The second-order valence-corrected chi connectivity index (χ2v) is 1.86. The normalized spacial score (nSPS) is 24.6. The summed E-state index contributed by atoms with van der Waals surface area (Å²) in [5.74, 6) is 0. The first-order valence-electron chi connectivity index (χ1n) is 3.65. The third-order valence-corrected chi connectivity index (χ3v) is 1.12. The summed E-state index contributed by atoms with van der Waals surface area (Å²) in [5, 5.41) is 0. The van der Waals surface area contributed by atoms with Gasteiger partial charge < -0.3 is 5.73 Å². The Morgan fingerprint density at radius 1 is 1.56 bits per heavy atom. The van der Waals surface area contributed by atoms with Gasteiger partial charge >= 0.3 is 0 Å². The zero-order chi connectivity index (χ0) is 7.11. The van der Waals surface area contributed by atoms with Crippen LogP contribution in [0.2, 0.25) is 0 Å². The molecule has 0 aromatic carbocycles. The average molecular weight is 128 g/mol. The van der Waals surface area contributed by atoms with Gasteiger partial charge in [0.25, 0.3) is 0 Å². The maximum atomic E-state index is 5.49. The average Bonchev–Trinajstić information content (AvgIpc) is 1.94. The quantitative estimate of drug-likeness (QED) is 0.523. The summed E-state index contributed by atoms with van der Waals surface area (Å²) in [4.78, 5) is 4.01. The summed E-state index contributed by atoms with van der Waals surface area (Å²) in [7, 11) is 0. The molecule has 0 aliphatic carbocycles. The van der Waals surface area contributed by atoms with E-state index in [2.05, 4.69) is 4.99 Å². The smallest absolute Gasteiger partial charge is 0.0395 e. The van der Waals surface area contributed by atoms with Gasteiger partial charge in [-0.05, 0) is 12.8 Å². The van der Waals surface area contributed by atoms with Crippen molar-refractivity contribution in [2.45, 2.75) is 32.7 Å². The summed E-state index contributed by atoms with van der Waals surface area (Å²) in [6.07, 6.45) is 4.12. The van der Waals surface area contributed by atoms with E-state index in [1.807, 2.05) is 20.1 Å². The van der Waals surface area contributed by atoms with Crippen LogP contribution in [-0.2, 0) is 0 Å². The van der Waals surface area contributed by atoms with E-state index in [0.29, 0.717) is 0 Å². The van der Waals surface area contributed by atoms with Crippen LogP contribution in [0.3, 0.4) is 0 Å². The van der Waals surface area contributed by atoms with Gasteiger partial charge in [-0.1, -0.05) is 13.8 Å². The molecule has 0 aromatic heterocycles. The zero-order valence-electron chi connectivity index (χ0n) is 6.30. The largest absolute Gasteiger partial charge is 0.323 e. The van der Waals surface area contributed by atoms with Crippen LogP contribution >= 0.6 is 0 Å². The monoisotopic (exact) mass is 128 g/mol. The maximum Gasteiger partial charge on any atom is 0.0395 e. The molecule has 0 radical (unpaired) electrons. The third kappa shape index (κ3) is 4.15. The Kier molecular flexibility index (Phi) is 5.52. The topological polar surface area (TPSA) is 38.4 Å². The summed E-state index contributed by atoms with van der Waals surface area (Å²) >= 11 is 0. The fourth-order valence-electron chi connectivity index (χ4n) is 0.703. The first-order valence-corrected chi connectivity index (χ1v) is 3.65. The van der Waals surface area contributed by atoms with E-state index >= 15 is 0 Å². The Hall–Kier alpha value is -0.370. The molecular weight excluding hydrogens is 112 g/mol. The van der Waals surface area contributed by atoms with Crippen LogP contribution in [0.25, 0.3) is 0 Å². The Balaban J connectivity index is 0.000000291. The Bertz CT molecular complexity index is 79.0. The second-order valence-electron chi connectivity index (χ2n) is 1.86. The van der Waals surface area contributed by atoms with Gasteiger partial charge in [0.1, 0.15) is 0 Å². The second kappa shape index (κ2) is 5.76. The lowest BCUT2D eigenvalue weighted by Crippen LogP contribution is -2.24. The lowest BCUT2D eigenvalue weighted by molar-refractivity contribution is 0.675. The number of nitrogens with zero attached hydrogens (tertiary/aromatic N) is 1. The van der Waals surface area contributed by atoms with E-state index < -0.39 is 0 Å². The van der Waals surface area contributed by atoms with Crippen molar-refractivity contribution in [1.82, 2.24) is 0 Å². The molecule has 1 unspecified atom stereocenters. The Labute approximate surface area is 57.2 Å². The number of aliphatic imine (C=N–C) groups is 1. The van der Waals surface area contributed by atoms with Crippen LogP contribution in [0.4, 0.5) is 0 Å². The van der Waals surface area contributed by atoms with Crippen molar-refractivity contribution in [3.8, 4) is 0 Å². The van der Waals surface area contributed by atoms with Crippen LogP contribution in [0.1, 0.15) is 26.7 Å². The maximum absolute atomic E-state index is 5.49. The van der Waals surface area contributed by atoms with E-state index in [4.69, 9.17) is 5.73 Å². The fourth-order valence-corrected chi connectivity index (χ4v) is 0.703. The predicted octanol–water partition coefficient (Wildman–Crippen LogP) is 1.20. The molecule has 2 N–H and O–H groups in total. The molecule has 1 aliphatic rings. The number of rotatable bonds is 0. The van der Waals surface area contributed by atoms with Crippen LogP contribution in [-0.4, -0.2) is 18.8 Å². The molecule has 1 atom stereocenters. The summed E-state index contributed by atoms with van der Waals surface area (Å²) in [6, 6.07) is 0.244. The molecule has 1 aliphatic heterocycles. The van der Waals surface area contributed by atoms with Crippen molar-refractivity contribution in [2.75, 3.05) is 6.54 Å². The molecule has 0 spiro atoms. The number of hydrogen-bond donors (Lipinski definition) is 1. The van der Waals surface area contributed by atoms with Crippen molar-refractivity contribution in [1.29, 1.82) is 0 Å². The van der Waals surface area contributed by atoms with E-state index in [-0.39, 0.29) is 6.04 Å². The van der Waals surface area contributed by atoms with Crippen molar-refractivity contribution >= 4 is 6.21 Å². The minimum absolute atomic E-state index is 0.244. The summed E-state index contributed by atoms with van der Waals surface area (Å²) in [5.41, 5.74) is 5.49. The van der Waals surface area contributed by atoms with E-state index in [1.165, 1.54) is 0 Å². The van der Waals surface area contributed by atoms with Crippen LogP contribution in [0.5, 0.6) is 0 Å². The highest BCUT2D eigenvalue weighted by Gasteiger charge is 2.00. The van der Waals surface area contributed by atoms with Crippen LogP contribution in [0, 0.1) is 0 Å². The molecule has 1 heterocycles. The lowest BCUT2D eigenvalue weighted by atomic mass is 10.1. The van der Waals surface area contributed by atoms with Crippen LogP contribution < -0.4 is 5.73 Å². The Morgan fingerprint density at radius 3 is 2.44 bits per heavy atom. The molecule has 0 bridgehead atoms. The Morgan fingerprint density at radius 2 is 2.22 bits per heavy atom. The molecule has 1 rings (SSSR count). The number of nitrogens with two attached hydrogens (primary N) is 1. The first kappa shape index (κ1) is 8.63. The first-order chi connectivity index (χ1) is 4.39. The summed E-state index contributed by atoms with van der Waals surface area (Å²) in [6.45, 7) is 4.98. The van der Waals surface area contributed by atoms with E-state index in [1.54, 1.807) is 0 Å². The molecule has 0 saturated carbocycles. The van der Waals surface area contributed by atoms with Gasteiger partial charge in [-0.25, -0.2) is 0 Å². The molecule has 9 heavy (non-hydrogen) atoms. The van der Waals surface area contributed by atoms with Gasteiger partial charge in [-0.15, -0.1) is 0 Å². The predicted molar refractivity (Wildman–Crippen MR) is 41.9 cm³/mol. The van der Waals surface area contributed by atoms with Gasteiger partial charge in [-0.2, -0.15) is 0 Å². The van der Waals surface area contributed by atoms with Crippen molar-refractivity contribution in [2.24, 2.45) is 10.7 Å². The number of hydrogen-bond acceptors (Lipinski definition) is 2. The molecule has 0 saturated heterocycles. The molecular formula is C7H16N2. The molecule has 2 nitrogen and oxygen atoms in total. The highest BCUT2D eigenvalue weighted by atomic mass is 14.8. The van der Waals surface area contributed by atoms with Gasteiger partial charge in [0.2, 0.25) is 0 Å². The van der Waals surface area contributed by atoms with Gasteiger partial charge in [-0.3, -0.25) is 4.99 Å². The standard InChI is InChI=1S/C5H10N2.C2H6/c6-5-2-1-3-7-4-5;1-2/h4-5H,1-3,6H2;1-2H3. The fraction of sp³-hybridized carbons (Fsp3) is 0.857. The molecule has 0 fully saturated rings. The molecule has 54 valence electrons. The van der Waals surface area contributed by atoms with Crippen molar-refractivity contribution in [3.05, 3.63) is 0 Å². The molecule has 0 amide bonds. The van der Waals surface area contributed by atoms with Crippen LogP contribution in [0.15, 0.2) is 4.99 Å². The van der Waals surface area contributed by atoms with Crippen molar-refractivity contribution in [3.63, 3.8) is 0 Å². The summed E-state index contributed by atoms with van der Waals surface area (Å²) < 4.78 is 0. The van der Waals surface area contributed by atoms with E-state index in [9.17, 15) is 0 Å². The highest BCUT2D eigenvalue weighted by molar-refractivity contribution is 5.64. The molecule has 2 heteroatoms. The van der Waals surface area contributed by atoms with E-state index in [0.717, 1.165) is 19.4 Å².